The highest BCUT2D eigenvalue weighted by atomic mass is 16.5. The first-order chi connectivity index (χ1) is 8.42. The molecular weight excluding hydrogens is 214 g/mol. The van der Waals surface area contributed by atoms with E-state index in [9.17, 15) is 0 Å². The number of ether oxygens (including phenoxy) is 1. The molecule has 0 unspecified atom stereocenters. The molecule has 84 valence electrons. The van der Waals surface area contributed by atoms with Crippen LogP contribution in [-0.4, -0.2) is 9.38 Å². The second kappa shape index (κ2) is 4.25. The average molecular weight is 226 g/mol. The van der Waals surface area contributed by atoms with Gasteiger partial charge in [0.25, 0.3) is 0 Å². The van der Waals surface area contributed by atoms with Crippen molar-refractivity contribution < 1.29 is 9.72 Å². The Morgan fingerprint density at radius 1 is 1.18 bits per heavy atom. The largest absolute Gasteiger partial charge is 0.488 e. The summed E-state index contributed by atoms with van der Waals surface area (Å²) < 4.78 is 7.65. The second-order valence-electron chi connectivity index (χ2n) is 3.75. The lowest BCUT2D eigenvalue weighted by Crippen LogP contribution is -2.01. The Bertz CT molecular complexity index is 619. The van der Waals surface area contributed by atoms with Gasteiger partial charge in [0.1, 0.15) is 18.0 Å². The van der Waals surface area contributed by atoms with Crippen molar-refractivity contribution in [2.45, 2.75) is 6.61 Å². The van der Waals surface area contributed by atoms with E-state index in [1.54, 1.807) is 6.20 Å². The van der Waals surface area contributed by atoms with E-state index in [-0.39, 0.29) is 0 Å². The molecule has 3 aromatic rings. The Kier molecular flexibility index (Phi) is 2.46. The number of aromatic amines is 1. The van der Waals surface area contributed by atoms with Gasteiger partial charge in [0.15, 0.2) is 12.4 Å². The second-order valence-corrected chi connectivity index (χ2v) is 3.75. The third-order valence-electron chi connectivity index (χ3n) is 2.54. The standard InChI is InChI=1S/C13H11N3O/c1-2-13-15-7-8-16(13)9-11(1)10-17-12-3-5-14-6-4-12/h1-9H,10H2/p+1. The lowest BCUT2D eigenvalue weighted by atomic mass is 10.3. The van der Waals surface area contributed by atoms with Gasteiger partial charge in [0.05, 0.1) is 0 Å². The smallest absolute Gasteiger partial charge is 0.170 e. The minimum Gasteiger partial charge on any atom is -0.488 e. The van der Waals surface area contributed by atoms with Crippen LogP contribution in [0.5, 0.6) is 5.75 Å². The summed E-state index contributed by atoms with van der Waals surface area (Å²) in [6.07, 6.45) is 9.42. The molecule has 0 spiro atoms. The third-order valence-corrected chi connectivity index (χ3v) is 2.54. The van der Waals surface area contributed by atoms with Crippen LogP contribution in [0.25, 0.3) is 5.65 Å². The Morgan fingerprint density at radius 2 is 2.06 bits per heavy atom. The zero-order valence-electron chi connectivity index (χ0n) is 9.21. The normalized spacial score (nSPS) is 10.6. The van der Waals surface area contributed by atoms with Gasteiger partial charge in [-0.15, -0.1) is 0 Å². The predicted molar refractivity (Wildman–Crippen MR) is 62.5 cm³/mol. The molecule has 0 saturated carbocycles. The molecule has 0 atom stereocenters. The number of hydrogen-bond donors (Lipinski definition) is 0. The number of rotatable bonds is 3. The number of hydrogen-bond acceptors (Lipinski definition) is 2. The van der Waals surface area contributed by atoms with E-state index >= 15 is 0 Å². The quantitative estimate of drug-likeness (QED) is 0.682. The van der Waals surface area contributed by atoms with Crippen molar-refractivity contribution in [3.05, 3.63) is 60.8 Å². The van der Waals surface area contributed by atoms with E-state index in [0.717, 1.165) is 17.0 Å². The summed E-state index contributed by atoms with van der Waals surface area (Å²) in [6, 6.07) is 7.81. The predicted octanol–water partition coefficient (Wildman–Crippen LogP) is 1.73. The van der Waals surface area contributed by atoms with Gasteiger partial charge in [0.2, 0.25) is 0 Å². The fourth-order valence-corrected chi connectivity index (χ4v) is 1.69. The molecule has 4 heteroatoms. The first-order valence-corrected chi connectivity index (χ1v) is 5.42. The Hall–Kier alpha value is -2.36. The topological polar surface area (TPSA) is 40.7 Å². The van der Waals surface area contributed by atoms with Crippen LogP contribution in [0, 0.1) is 0 Å². The van der Waals surface area contributed by atoms with Crippen molar-refractivity contribution in [1.29, 1.82) is 0 Å². The number of imidazole rings is 1. The molecule has 0 aliphatic rings. The maximum atomic E-state index is 5.66. The monoisotopic (exact) mass is 226 g/mol. The fourth-order valence-electron chi connectivity index (χ4n) is 1.69. The van der Waals surface area contributed by atoms with Gasteiger partial charge in [0, 0.05) is 36.3 Å². The average Bonchev–Trinajstić information content (AvgIpc) is 2.85. The molecule has 0 amide bonds. The Morgan fingerprint density at radius 3 is 2.94 bits per heavy atom. The van der Waals surface area contributed by atoms with Gasteiger partial charge < -0.3 is 9.14 Å². The fraction of sp³-hybridized carbons (Fsp3) is 0.0769. The molecule has 0 radical (unpaired) electrons. The van der Waals surface area contributed by atoms with Crippen molar-refractivity contribution in [2.75, 3.05) is 0 Å². The summed E-state index contributed by atoms with van der Waals surface area (Å²) in [6.45, 7) is 0.554. The summed E-state index contributed by atoms with van der Waals surface area (Å²) in [5.41, 5.74) is 2.06. The summed E-state index contributed by atoms with van der Waals surface area (Å²) in [5, 5.41) is 0. The molecule has 0 bridgehead atoms. The van der Waals surface area contributed by atoms with Crippen LogP contribution in [0.1, 0.15) is 5.56 Å². The number of aromatic nitrogens is 3. The maximum Gasteiger partial charge on any atom is 0.170 e. The van der Waals surface area contributed by atoms with E-state index in [2.05, 4.69) is 9.97 Å². The molecule has 0 aliphatic carbocycles. The van der Waals surface area contributed by atoms with Crippen molar-refractivity contribution in [2.24, 2.45) is 0 Å². The summed E-state index contributed by atoms with van der Waals surface area (Å²) >= 11 is 0. The van der Waals surface area contributed by atoms with Gasteiger partial charge in [-0.05, 0) is 6.07 Å². The van der Waals surface area contributed by atoms with Crippen LogP contribution in [0.3, 0.4) is 0 Å². The van der Waals surface area contributed by atoms with Crippen molar-refractivity contribution >= 4 is 5.65 Å². The minimum absolute atomic E-state index is 0.554. The Balaban J connectivity index is 1.76. The molecule has 0 aromatic carbocycles. The highest BCUT2D eigenvalue weighted by molar-refractivity contribution is 5.39. The summed E-state index contributed by atoms with van der Waals surface area (Å²) in [5.74, 6) is 0.856. The molecule has 3 rings (SSSR count). The lowest BCUT2D eigenvalue weighted by molar-refractivity contribution is -0.378. The van der Waals surface area contributed by atoms with E-state index in [0.29, 0.717) is 6.61 Å². The summed E-state index contributed by atoms with van der Waals surface area (Å²) in [4.78, 5) is 7.16. The van der Waals surface area contributed by atoms with Crippen molar-refractivity contribution in [3.8, 4) is 5.75 Å². The molecule has 0 saturated heterocycles. The van der Waals surface area contributed by atoms with Gasteiger partial charge in [-0.1, -0.05) is 6.07 Å². The minimum atomic E-state index is 0.554. The number of pyridine rings is 2. The van der Waals surface area contributed by atoms with Crippen LogP contribution in [0.4, 0.5) is 0 Å². The highest BCUT2D eigenvalue weighted by Crippen LogP contribution is 2.10. The molecule has 0 fully saturated rings. The molecule has 0 aliphatic heterocycles. The molecule has 1 N–H and O–H groups in total. The summed E-state index contributed by atoms with van der Waals surface area (Å²) in [7, 11) is 0. The number of H-pyrrole nitrogens is 1. The first-order valence-electron chi connectivity index (χ1n) is 5.42. The van der Waals surface area contributed by atoms with E-state index in [1.165, 1.54) is 0 Å². The van der Waals surface area contributed by atoms with Gasteiger partial charge in [-0.3, -0.25) is 0 Å². The number of nitrogens with zero attached hydrogens (tertiary/aromatic N) is 2. The van der Waals surface area contributed by atoms with Crippen LogP contribution in [-0.2, 0) is 6.61 Å². The van der Waals surface area contributed by atoms with Crippen LogP contribution >= 0.6 is 0 Å². The van der Waals surface area contributed by atoms with Crippen LogP contribution < -0.4 is 9.72 Å². The SMILES string of the molecule is c1cn2cc(COc3cc[nH+]cc3)ccc2n1. The van der Waals surface area contributed by atoms with Crippen molar-refractivity contribution in [3.63, 3.8) is 0 Å². The molecular formula is C13H12N3O+. The van der Waals surface area contributed by atoms with Gasteiger partial charge in [-0.2, -0.15) is 0 Å². The van der Waals surface area contributed by atoms with E-state index in [4.69, 9.17) is 4.74 Å². The lowest BCUT2D eigenvalue weighted by Gasteiger charge is -2.05. The number of fused-ring (bicyclic) bond motifs is 1. The molecule has 4 nitrogen and oxygen atoms in total. The first kappa shape index (κ1) is 9.84. The number of nitrogens with one attached hydrogen (secondary N) is 1. The van der Waals surface area contributed by atoms with E-state index < -0.39 is 0 Å². The molecule has 3 heterocycles. The molecule has 3 aromatic heterocycles. The molecule has 17 heavy (non-hydrogen) atoms. The highest BCUT2D eigenvalue weighted by Gasteiger charge is 1.99. The van der Waals surface area contributed by atoms with Gasteiger partial charge >= 0.3 is 0 Å². The van der Waals surface area contributed by atoms with Gasteiger partial charge in [-0.25, -0.2) is 9.97 Å². The zero-order chi connectivity index (χ0) is 11.5. The Labute approximate surface area is 98.5 Å². The third kappa shape index (κ3) is 2.10. The van der Waals surface area contributed by atoms with Crippen LogP contribution in [0.15, 0.2) is 55.2 Å². The van der Waals surface area contributed by atoms with E-state index in [1.807, 2.05) is 53.5 Å². The zero-order valence-corrected chi connectivity index (χ0v) is 9.21. The van der Waals surface area contributed by atoms with Crippen LogP contribution in [0.2, 0.25) is 0 Å². The maximum absolute atomic E-state index is 5.66. The van der Waals surface area contributed by atoms with Crippen molar-refractivity contribution in [1.82, 2.24) is 9.38 Å².